The fourth-order valence-electron chi connectivity index (χ4n) is 4.23. The van der Waals surface area contributed by atoms with Gasteiger partial charge in [0.15, 0.2) is 0 Å². The van der Waals surface area contributed by atoms with Crippen LogP contribution in [0.1, 0.15) is 90.7 Å². The van der Waals surface area contributed by atoms with Crippen molar-refractivity contribution in [3.05, 3.63) is 35.9 Å². The fourth-order valence-corrected chi connectivity index (χ4v) is 4.23. The summed E-state index contributed by atoms with van der Waals surface area (Å²) in [6, 6.07) is 8.82. The molecule has 4 atom stereocenters. The van der Waals surface area contributed by atoms with Crippen molar-refractivity contribution in [2.45, 2.75) is 103 Å². The van der Waals surface area contributed by atoms with Crippen molar-refractivity contribution in [3.63, 3.8) is 0 Å². The van der Waals surface area contributed by atoms with Gasteiger partial charge in [0.05, 0.1) is 30.7 Å². The number of aliphatic hydroxyl groups excluding tert-OH is 1. The van der Waals surface area contributed by atoms with E-state index in [1.54, 1.807) is 14.0 Å². The van der Waals surface area contributed by atoms with E-state index >= 15 is 0 Å². The first-order valence-electron chi connectivity index (χ1n) is 12.3. The monoisotopic (exact) mass is 448 g/mol. The number of carbonyl (C=O) groups excluding carboxylic acids is 2. The first-order valence-corrected chi connectivity index (χ1v) is 12.3. The molecule has 0 unspecified atom stereocenters. The van der Waals surface area contributed by atoms with Crippen molar-refractivity contribution in [3.8, 4) is 0 Å². The number of ether oxygens (including phenoxy) is 1. The lowest BCUT2D eigenvalue weighted by Crippen LogP contribution is -2.46. The van der Waals surface area contributed by atoms with Crippen LogP contribution in [0.25, 0.3) is 0 Å². The van der Waals surface area contributed by atoms with Crippen LogP contribution in [0.2, 0.25) is 0 Å². The standard InChI is InChI=1S/C24H38N2O4.C2H6/c1-4-5-6-10-15-23(28)26-16-11-14-20(26)21(30-3)17-22(27)25-18(2)24(29)19-12-8-7-9-13-19;1-2/h7-9,12-13,18,20-21,24,29H,4-6,10-11,14-17H2,1-3H3,(H,25,27);1-2H3/t18-,20+,21-,24-;/m1./s1. The molecule has 0 bridgehead atoms. The molecule has 32 heavy (non-hydrogen) atoms. The maximum Gasteiger partial charge on any atom is 0.223 e. The molecule has 0 radical (unpaired) electrons. The minimum absolute atomic E-state index is 0.0613. The smallest absolute Gasteiger partial charge is 0.223 e. The van der Waals surface area contributed by atoms with E-state index < -0.39 is 12.1 Å². The van der Waals surface area contributed by atoms with Crippen LogP contribution in [-0.2, 0) is 14.3 Å². The summed E-state index contributed by atoms with van der Waals surface area (Å²) in [5.74, 6) is -0.00416. The SMILES string of the molecule is CC.CCCCCCC(=O)N1CCC[C@H]1[C@@H](CC(=O)N[C@H](C)[C@@H](O)c1ccccc1)OC. The molecule has 6 nitrogen and oxygen atoms in total. The van der Waals surface area contributed by atoms with Crippen molar-refractivity contribution in [1.29, 1.82) is 0 Å². The Balaban J connectivity index is 0.00000249. The summed E-state index contributed by atoms with van der Waals surface area (Å²) in [7, 11) is 1.60. The zero-order valence-electron chi connectivity index (χ0n) is 20.7. The molecule has 0 aliphatic carbocycles. The summed E-state index contributed by atoms with van der Waals surface area (Å²) in [5, 5.41) is 13.4. The number of hydrogen-bond donors (Lipinski definition) is 2. The number of benzene rings is 1. The Bertz CT molecular complexity index is 652. The Morgan fingerprint density at radius 2 is 1.88 bits per heavy atom. The van der Waals surface area contributed by atoms with E-state index in [2.05, 4.69) is 12.2 Å². The van der Waals surface area contributed by atoms with Gasteiger partial charge in [-0.15, -0.1) is 0 Å². The molecule has 2 amide bonds. The number of aliphatic hydroxyl groups is 1. The van der Waals surface area contributed by atoms with Gasteiger partial charge in [-0.25, -0.2) is 0 Å². The number of rotatable bonds is 12. The normalized spacial score (nSPS) is 18.3. The molecule has 0 spiro atoms. The number of hydrogen-bond acceptors (Lipinski definition) is 4. The van der Waals surface area contributed by atoms with E-state index in [0.717, 1.165) is 50.6 Å². The van der Waals surface area contributed by atoms with Crippen LogP contribution in [0.4, 0.5) is 0 Å². The van der Waals surface area contributed by atoms with Crippen molar-refractivity contribution in [2.75, 3.05) is 13.7 Å². The van der Waals surface area contributed by atoms with E-state index in [-0.39, 0.29) is 30.4 Å². The van der Waals surface area contributed by atoms with E-state index in [1.807, 2.05) is 49.1 Å². The van der Waals surface area contributed by atoms with E-state index in [1.165, 1.54) is 0 Å². The average molecular weight is 449 g/mol. The summed E-state index contributed by atoms with van der Waals surface area (Å²) in [4.78, 5) is 27.2. The molecule has 2 N–H and O–H groups in total. The summed E-state index contributed by atoms with van der Waals surface area (Å²) < 4.78 is 5.64. The molecule has 1 aromatic carbocycles. The maximum absolute atomic E-state index is 12.7. The lowest BCUT2D eigenvalue weighted by Gasteiger charge is -2.31. The number of nitrogens with zero attached hydrogens (tertiary/aromatic N) is 1. The molecule has 1 aliphatic rings. The molecule has 1 aromatic rings. The lowest BCUT2D eigenvalue weighted by molar-refractivity contribution is -0.137. The largest absolute Gasteiger partial charge is 0.386 e. The maximum atomic E-state index is 12.7. The second-order valence-electron chi connectivity index (χ2n) is 8.30. The number of nitrogens with one attached hydrogen (secondary N) is 1. The molecule has 2 rings (SSSR count). The first-order chi connectivity index (χ1) is 15.5. The molecular formula is C26H44N2O4. The van der Waals surface area contributed by atoms with Gasteiger partial charge >= 0.3 is 0 Å². The second-order valence-corrected chi connectivity index (χ2v) is 8.30. The van der Waals surface area contributed by atoms with Gasteiger partial charge in [-0.2, -0.15) is 0 Å². The van der Waals surface area contributed by atoms with Crippen molar-refractivity contribution in [2.24, 2.45) is 0 Å². The summed E-state index contributed by atoms with van der Waals surface area (Å²) >= 11 is 0. The van der Waals surface area contributed by atoms with Gasteiger partial charge in [0.2, 0.25) is 11.8 Å². The molecule has 6 heteroatoms. The molecule has 0 aromatic heterocycles. The third-order valence-corrected chi connectivity index (χ3v) is 5.99. The van der Waals surface area contributed by atoms with Crippen LogP contribution in [-0.4, -0.2) is 53.7 Å². The summed E-state index contributed by atoms with van der Waals surface area (Å²) in [5.41, 5.74) is 0.768. The van der Waals surface area contributed by atoms with Crippen LogP contribution < -0.4 is 5.32 Å². The first kappa shape index (κ1) is 28.1. The number of likely N-dealkylation sites (tertiary alicyclic amines) is 1. The molecule has 182 valence electrons. The average Bonchev–Trinajstić information content (AvgIpc) is 3.31. The minimum Gasteiger partial charge on any atom is -0.386 e. The van der Waals surface area contributed by atoms with Gasteiger partial charge in [-0.05, 0) is 31.7 Å². The second kappa shape index (κ2) is 15.8. The molecule has 1 aliphatic heterocycles. The van der Waals surface area contributed by atoms with E-state index in [0.29, 0.717) is 6.42 Å². The van der Waals surface area contributed by atoms with Crippen LogP contribution in [0.5, 0.6) is 0 Å². The van der Waals surface area contributed by atoms with Gasteiger partial charge < -0.3 is 20.1 Å². The Kier molecular flexibility index (Phi) is 13.9. The number of amides is 2. The fraction of sp³-hybridized carbons (Fsp3) is 0.692. The molecular weight excluding hydrogens is 404 g/mol. The van der Waals surface area contributed by atoms with Gasteiger partial charge in [-0.3, -0.25) is 9.59 Å². The molecule has 1 saturated heterocycles. The van der Waals surface area contributed by atoms with E-state index in [4.69, 9.17) is 4.74 Å². The topological polar surface area (TPSA) is 78.9 Å². The highest BCUT2D eigenvalue weighted by molar-refractivity contribution is 5.78. The van der Waals surface area contributed by atoms with Crippen LogP contribution in [0.3, 0.4) is 0 Å². The van der Waals surface area contributed by atoms with E-state index in [9.17, 15) is 14.7 Å². The lowest BCUT2D eigenvalue weighted by atomic mass is 10.0. The third kappa shape index (κ3) is 8.91. The van der Waals surface area contributed by atoms with Crippen molar-refractivity contribution in [1.82, 2.24) is 10.2 Å². The number of unbranched alkanes of at least 4 members (excludes halogenated alkanes) is 3. The Morgan fingerprint density at radius 3 is 2.50 bits per heavy atom. The minimum atomic E-state index is -0.774. The summed E-state index contributed by atoms with van der Waals surface area (Å²) in [6.07, 6.45) is 5.73. The molecule has 0 saturated carbocycles. The zero-order chi connectivity index (χ0) is 23.9. The predicted molar refractivity (Wildman–Crippen MR) is 129 cm³/mol. The Hall–Kier alpha value is -1.92. The van der Waals surface area contributed by atoms with Gasteiger partial charge in [0.25, 0.3) is 0 Å². The highest BCUT2D eigenvalue weighted by atomic mass is 16.5. The van der Waals surface area contributed by atoms with Gasteiger partial charge in [0.1, 0.15) is 0 Å². The Morgan fingerprint density at radius 1 is 1.19 bits per heavy atom. The number of carbonyl (C=O) groups is 2. The van der Waals surface area contributed by atoms with Crippen LogP contribution in [0.15, 0.2) is 30.3 Å². The highest BCUT2D eigenvalue weighted by Gasteiger charge is 2.36. The zero-order valence-corrected chi connectivity index (χ0v) is 20.7. The molecule has 1 heterocycles. The van der Waals surface area contributed by atoms with Crippen LogP contribution >= 0.6 is 0 Å². The predicted octanol–water partition coefficient (Wildman–Crippen LogP) is 4.62. The highest BCUT2D eigenvalue weighted by Crippen LogP contribution is 2.25. The van der Waals surface area contributed by atoms with Gasteiger partial charge in [-0.1, -0.05) is 70.4 Å². The third-order valence-electron chi connectivity index (χ3n) is 5.99. The number of methoxy groups -OCH3 is 1. The van der Waals surface area contributed by atoms with Crippen molar-refractivity contribution >= 4 is 11.8 Å². The van der Waals surface area contributed by atoms with Gasteiger partial charge in [0, 0.05) is 20.1 Å². The quantitative estimate of drug-likeness (QED) is 0.458. The van der Waals surface area contributed by atoms with Crippen molar-refractivity contribution < 1.29 is 19.4 Å². The summed E-state index contributed by atoms with van der Waals surface area (Å²) in [6.45, 7) is 8.69. The van der Waals surface area contributed by atoms with Crippen LogP contribution in [0, 0.1) is 0 Å². The molecule has 1 fully saturated rings. The Labute approximate surface area is 194 Å².